The Morgan fingerprint density at radius 1 is 1.00 bits per heavy atom. The standard InChI is InChI=1S/C14H12F3NO/c15-14(16,17)10-19-13-5-3-11(4-6-13)1-2-12-7-8-18-9-12/h1-9,18H,10H2. The Kier molecular flexibility index (Phi) is 3.94. The van der Waals surface area contributed by atoms with Crippen LogP contribution in [0.5, 0.6) is 5.75 Å². The molecule has 0 aliphatic carbocycles. The number of hydrogen-bond acceptors (Lipinski definition) is 1. The van der Waals surface area contributed by atoms with Crippen molar-refractivity contribution in [3.63, 3.8) is 0 Å². The van der Waals surface area contributed by atoms with Crippen LogP contribution < -0.4 is 4.74 Å². The van der Waals surface area contributed by atoms with Crippen LogP contribution in [0.3, 0.4) is 0 Å². The molecule has 2 nitrogen and oxygen atoms in total. The Balaban J connectivity index is 1.95. The Hall–Kier alpha value is -2.17. The number of hydrogen-bond donors (Lipinski definition) is 1. The first kappa shape index (κ1) is 13.3. The molecule has 0 saturated heterocycles. The average Bonchev–Trinajstić information content (AvgIpc) is 2.87. The van der Waals surface area contributed by atoms with Gasteiger partial charge in [0.1, 0.15) is 5.75 Å². The van der Waals surface area contributed by atoms with Gasteiger partial charge in [0.25, 0.3) is 0 Å². The fourth-order valence-electron chi connectivity index (χ4n) is 1.47. The minimum absolute atomic E-state index is 0.205. The molecule has 100 valence electrons. The molecule has 1 heterocycles. The van der Waals surface area contributed by atoms with Crippen molar-refractivity contribution in [2.45, 2.75) is 6.18 Å². The quantitative estimate of drug-likeness (QED) is 0.885. The van der Waals surface area contributed by atoms with Crippen LogP contribution in [-0.4, -0.2) is 17.8 Å². The van der Waals surface area contributed by atoms with E-state index in [4.69, 9.17) is 0 Å². The van der Waals surface area contributed by atoms with Gasteiger partial charge in [-0.3, -0.25) is 0 Å². The Morgan fingerprint density at radius 2 is 1.68 bits per heavy atom. The van der Waals surface area contributed by atoms with E-state index in [1.54, 1.807) is 12.1 Å². The number of ether oxygens (including phenoxy) is 1. The Morgan fingerprint density at radius 3 is 2.26 bits per heavy atom. The van der Waals surface area contributed by atoms with Gasteiger partial charge in [0.2, 0.25) is 0 Å². The fraction of sp³-hybridized carbons (Fsp3) is 0.143. The van der Waals surface area contributed by atoms with E-state index in [1.165, 1.54) is 12.1 Å². The summed E-state index contributed by atoms with van der Waals surface area (Å²) in [5, 5.41) is 0. The van der Waals surface area contributed by atoms with E-state index in [-0.39, 0.29) is 5.75 Å². The third-order valence-corrected chi connectivity index (χ3v) is 2.37. The highest BCUT2D eigenvalue weighted by Crippen LogP contribution is 2.19. The van der Waals surface area contributed by atoms with Crippen LogP contribution in [-0.2, 0) is 0 Å². The van der Waals surface area contributed by atoms with Gasteiger partial charge in [-0.25, -0.2) is 0 Å². The number of aromatic amines is 1. The molecule has 1 N–H and O–H groups in total. The zero-order valence-electron chi connectivity index (χ0n) is 9.95. The summed E-state index contributed by atoms with van der Waals surface area (Å²) < 4.78 is 40.5. The maximum Gasteiger partial charge on any atom is 0.422 e. The molecule has 0 radical (unpaired) electrons. The third-order valence-electron chi connectivity index (χ3n) is 2.37. The highest BCUT2D eigenvalue weighted by Gasteiger charge is 2.28. The number of aromatic nitrogens is 1. The van der Waals surface area contributed by atoms with Crippen molar-refractivity contribution >= 4 is 12.2 Å². The lowest BCUT2D eigenvalue weighted by Gasteiger charge is -2.08. The summed E-state index contributed by atoms with van der Waals surface area (Å²) in [6.07, 6.45) is 3.12. The van der Waals surface area contributed by atoms with Gasteiger partial charge in [-0.15, -0.1) is 0 Å². The molecule has 5 heteroatoms. The van der Waals surface area contributed by atoms with Gasteiger partial charge in [-0.2, -0.15) is 13.2 Å². The minimum atomic E-state index is -4.31. The molecule has 2 aromatic rings. The van der Waals surface area contributed by atoms with Crippen molar-refractivity contribution < 1.29 is 17.9 Å². The maximum atomic E-state index is 12.0. The van der Waals surface area contributed by atoms with Gasteiger partial charge in [-0.1, -0.05) is 24.3 Å². The van der Waals surface area contributed by atoms with Crippen LogP contribution in [0.25, 0.3) is 12.2 Å². The summed E-state index contributed by atoms with van der Waals surface area (Å²) in [4.78, 5) is 2.93. The van der Waals surface area contributed by atoms with Crippen molar-refractivity contribution in [3.8, 4) is 5.75 Å². The average molecular weight is 267 g/mol. The molecular formula is C14H12F3NO. The molecule has 0 aliphatic rings. The number of benzene rings is 1. The second-order valence-corrected chi connectivity index (χ2v) is 3.95. The van der Waals surface area contributed by atoms with Crippen LogP contribution >= 0.6 is 0 Å². The highest BCUT2D eigenvalue weighted by atomic mass is 19.4. The van der Waals surface area contributed by atoms with E-state index in [1.807, 2.05) is 30.6 Å². The van der Waals surface area contributed by atoms with Gasteiger partial charge < -0.3 is 9.72 Å². The van der Waals surface area contributed by atoms with Crippen molar-refractivity contribution in [1.29, 1.82) is 0 Å². The van der Waals surface area contributed by atoms with E-state index in [0.29, 0.717) is 0 Å². The van der Waals surface area contributed by atoms with Gasteiger partial charge >= 0.3 is 6.18 Å². The number of rotatable bonds is 4. The van der Waals surface area contributed by atoms with E-state index in [2.05, 4.69) is 9.72 Å². The van der Waals surface area contributed by atoms with Crippen LogP contribution in [0.2, 0.25) is 0 Å². The van der Waals surface area contributed by atoms with Crippen LogP contribution in [0.1, 0.15) is 11.1 Å². The molecule has 1 aromatic heterocycles. The molecule has 0 aliphatic heterocycles. The monoisotopic (exact) mass is 267 g/mol. The maximum absolute atomic E-state index is 12.0. The first-order chi connectivity index (χ1) is 9.03. The van der Waals surface area contributed by atoms with Crippen LogP contribution in [0.4, 0.5) is 13.2 Å². The van der Waals surface area contributed by atoms with Crippen molar-refractivity contribution in [1.82, 2.24) is 4.98 Å². The smallest absolute Gasteiger partial charge is 0.422 e. The zero-order valence-corrected chi connectivity index (χ0v) is 9.95. The number of nitrogens with one attached hydrogen (secondary N) is 1. The van der Waals surface area contributed by atoms with Crippen molar-refractivity contribution in [3.05, 3.63) is 53.9 Å². The van der Waals surface area contributed by atoms with Crippen LogP contribution in [0, 0.1) is 0 Å². The zero-order chi connectivity index (χ0) is 13.7. The topological polar surface area (TPSA) is 25.0 Å². The predicted octanol–water partition coefficient (Wildman–Crippen LogP) is 4.13. The molecule has 0 atom stereocenters. The minimum Gasteiger partial charge on any atom is -0.484 e. The second-order valence-electron chi connectivity index (χ2n) is 3.95. The molecule has 0 spiro atoms. The summed E-state index contributed by atoms with van der Waals surface area (Å²) in [7, 11) is 0. The number of halogens is 3. The van der Waals surface area contributed by atoms with Gasteiger partial charge in [0.15, 0.2) is 6.61 Å². The molecule has 19 heavy (non-hydrogen) atoms. The van der Waals surface area contributed by atoms with Gasteiger partial charge in [0.05, 0.1) is 0 Å². The lowest BCUT2D eigenvalue weighted by atomic mass is 10.2. The summed E-state index contributed by atoms with van der Waals surface area (Å²) >= 11 is 0. The normalized spacial score (nSPS) is 11.9. The number of alkyl halides is 3. The molecular weight excluding hydrogens is 255 g/mol. The van der Waals surface area contributed by atoms with E-state index in [0.717, 1.165) is 11.1 Å². The molecule has 0 amide bonds. The highest BCUT2D eigenvalue weighted by molar-refractivity contribution is 5.69. The molecule has 0 saturated carbocycles. The SMILES string of the molecule is FC(F)(F)COc1ccc(C=Cc2cc[nH]c2)cc1. The first-order valence-electron chi connectivity index (χ1n) is 5.63. The van der Waals surface area contributed by atoms with Crippen LogP contribution in [0.15, 0.2) is 42.7 Å². The summed E-state index contributed by atoms with van der Waals surface area (Å²) in [6, 6.07) is 8.35. The molecule has 0 unspecified atom stereocenters. The van der Waals surface area contributed by atoms with Crippen molar-refractivity contribution in [2.24, 2.45) is 0 Å². The summed E-state index contributed by atoms with van der Waals surface area (Å²) in [6.45, 7) is -1.27. The summed E-state index contributed by atoms with van der Waals surface area (Å²) in [5.74, 6) is 0.205. The largest absolute Gasteiger partial charge is 0.484 e. The fourth-order valence-corrected chi connectivity index (χ4v) is 1.47. The molecule has 0 bridgehead atoms. The summed E-state index contributed by atoms with van der Waals surface area (Å²) in [5.41, 5.74) is 1.91. The molecule has 1 aromatic carbocycles. The third kappa shape index (κ3) is 4.54. The molecule has 0 fully saturated rings. The first-order valence-corrected chi connectivity index (χ1v) is 5.63. The van der Waals surface area contributed by atoms with Gasteiger partial charge in [-0.05, 0) is 29.3 Å². The van der Waals surface area contributed by atoms with E-state index in [9.17, 15) is 13.2 Å². The predicted molar refractivity (Wildman–Crippen MR) is 67.7 cm³/mol. The van der Waals surface area contributed by atoms with Gasteiger partial charge in [0, 0.05) is 12.4 Å². The Labute approximate surface area is 108 Å². The van der Waals surface area contributed by atoms with Crippen molar-refractivity contribution in [2.75, 3.05) is 6.61 Å². The lowest BCUT2D eigenvalue weighted by molar-refractivity contribution is -0.153. The molecule has 2 rings (SSSR count). The Bertz CT molecular complexity index is 527. The second kappa shape index (κ2) is 5.65. The lowest BCUT2D eigenvalue weighted by Crippen LogP contribution is -2.19. The van der Waals surface area contributed by atoms with E-state index < -0.39 is 12.8 Å². The van der Waals surface area contributed by atoms with E-state index >= 15 is 0 Å². The number of H-pyrrole nitrogens is 1.